The van der Waals surface area contributed by atoms with Gasteiger partial charge in [0.15, 0.2) is 11.5 Å². The van der Waals surface area contributed by atoms with Crippen molar-refractivity contribution in [2.75, 3.05) is 54.7 Å². The van der Waals surface area contributed by atoms with Gasteiger partial charge in [0, 0.05) is 45.7 Å². The number of methoxy groups -OCH3 is 4. The Bertz CT molecular complexity index is 683. The maximum atomic E-state index is 12.9. The molecule has 1 saturated heterocycles. The molecule has 0 aromatic heterocycles. The molecule has 1 aromatic carbocycles. The molecule has 0 bridgehead atoms. The number of hydrogen-bond donors (Lipinski definition) is 1. The molecular formula is C21H32N2O6. The second kappa shape index (κ2) is 10.9. The third kappa shape index (κ3) is 5.32. The van der Waals surface area contributed by atoms with Gasteiger partial charge in [-0.15, -0.1) is 0 Å². The van der Waals surface area contributed by atoms with E-state index in [0.29, 0.717) is 49.9 Å². The number of nitrogens with one attached hydrogen (secondary N) is 1. The molecule has 2 rings (SSSR count). The summed E-state index contributed by atoms with van der Waals surface area (Å²) in [6.45, 7) is 3.81. The average molecular weight is 408 g/mol. The number of benzene rings is 1. The van der Waals surface area contributed by atoms with E-state index in [0.717, 1.165) is 12.0 Å². The zero-order valence-corrected chi connectivity index (χ0v) is 17.9. The SMILES string of the molecule is CCC(=O)N1C[C@H](C(=O)NCCCOC)[C@H](c2cc(OC)c(OC)c(OC)c2)C1. The van der Waals surface area contributed by atoms with Crippen molar-refractivity contribution in [3.8, 4) is 17.2 Å². The van der Waals surface area contributed by atoms with E-state index in [4.69, 9.17) is 18.9 Å². The molecule has 8 heteroatoms. The largest absolute Gasteiger partial charge is 0.493 e. The zero-order valence-electron chi connectivity index (χ0n) is 17.9. The Morgan fingerprint density at radius 2 is 1.72 bits per heavy atom. The van der Waals surface area contributed by atoms with Gasteiger partial charge in [-0.2, -0.15) is 0 Å². The molecule has 0 unspecified atom stereocenters. The van der Waals surface area contributed by atoms with E-state index in [1.54, 1.807) is 33.3 Å². The molecule has 8 nitrogen and oxygen atoms in total. The predicted molar refractivity (Wildman–Crippen MR) is 109 cm³/mol. The van der Waals surface area contributed by atoms with Gasteiger partial charge in [0.05, 0.1) is 27.2 Å². The minimum atomic E-state index is -0.351. The molecule has 29 heavy (non-hydrogen) atoms. The number of likely N-dealkylation sites (tertiary alicyclic amines) is 1. The summed E-state index contributed by atoms with van der Waals surface area (Å²) in [5.41, 5.74) is 0.878. The fourth-order valence-corrected chi connectivity index (χ4v) is 3.71. The van der Waals surface area contributed by atoms with Crippen LogP contribution in [0, 0.1) is 5.92 Å². The van der Waals surface area contributed by atoms with Crippen LogP contribution in [0.3, 0.4) is 0 Å². The molecule has 0 aliphatic carbocycles. The molecule has 1 N–H and O–H groups in total. The van der Waals surface area contributed by atoms with Gasteiger partial charge in [-0.3, -0.25) is 9.59 Å². The minimum Gasteiger partial charge on any atom is -0.493 e. The first-order valence-electron chi connectivity index (χ1n) is 9.84. The topological polar surface area (TPSA) is 86.3 Å². The number of amides is 2. The second-order valence-electron chi connectivity index (χ2n) is 6.96. The van der Waals surface area contributed by atoms with Crippen LogP contribution in [0.1, 0.15) is 31.2 Å². The summed E-state index contributed by atoms with van der Waals surface area (Å²) in [5, 5.41) is 2.97. The van der Waals surface area contributed by atoms with Crippen LogP contribution in [-0.4, -0.2) is 71.4 Å². The van der Waals surface area contributed by atoms with E-state index >= 15 is 0 Å². The third-order valence-electron chi connectivity index (χ3n) is 5.25. The number of carbonyl (C=O) groups excluding carboxylic acids is 2. The van der Waals surface area contributed by atoms with Crippen molar-refractivity contribution in [3.63, 3.8) is 0 Å². The van der Waals surface area contributed by atoms with Crippen LogP contribution >= 0.6 is 0 Å². The first-order valence-corrected chi connectivity index (χ1v) is 9.84. The third-order valence-corrected chi connectivity index (χ3v) is 5.25. The Morgan fingerprint density at radius 1 is 1.07 bits per heavy atom. The summed E-state index contributed by atoms with van der Waals surface area (Å²) in [5.74, 6) is 1.02. The summed E-state index contributed by atoms with van der Waals surface area (Å²) >= 11 is 0. The van der Waals surface area contributed by atoms with Crippen LogP contribution in [-0.2, 0) is 14.3 Å². The fourth-order valence-electron chi connectivity index (χ4n) is 3.71. The predicted octanol–water partition coefficient (Wildman–Crippen LogP) is 1.82. The molecule has 162 valence electrons. The number of carbonyl (C=O) groups is 2. The maximum Gasteiger partial charge on any atom is 0.225 e. The summed E-state index contributed by atoms with van der Waals surface area (Å²) in [6.07, 6.45) is 1.14. The lowest BCUT2D eigenvalue weighted by Gasteiger charge is -2.21. The minimum absolute atomic E-state index is 0.0390. The normalized spacial score (nSPS) is 18.4. The standard InChI is InChI=1S/C21H32N2O6/c1-6-19(24)23-12-15(16(13-23)21(25)22-8-7-9-26-2)14-10-17(27-3)20(29-5)18(11-14)28-4/h10-11,15-16H,6-9,12-13H2,1-5H3,(H,22,25)/t15-,16-/m0/s1. The molecule has 0 spiro atoms. The van der Waals surface area contributed by atoms with Gasteiger partial charge < -0.3 is 29.2 Å². The van der Waals surface area contributed by atoms with Crippen LogP contribution < -0.4 is 19.5 Å². The lowest BCUT2D eigenvalue weighted by Crippen LogP contribution is -2.36. The van der Waals surface area contributed by atoms with Crippen molar-refractivity contribution in [1.82, 2.24) is 10.2 Å². The molecule has 1 fully saturated rings. The monoisotopic (exact) mass is 408 g/mol. The Balaban J connectivity index is 2.32. The highest BCUT2D eigenvalue weighted by Gasteiger charge is 2.40. The van der Waals surface area contributed by atoms with E-state index in [1.807, 2.05) is 19.1 Å². The van der Waals surface area contributed by atoms with Gasteiger partial charge in [0.25, 0.3) is 0 Å². The zero-order chi connectivity index (χ0) is 21.4. The number of rotatable bonds is 10. The van der Waals surface area contributed by atoms with Crippen molar-refractivity contribution in [3.05, 3.63) is 17.7 Å². The van der Waals surface area contributed by atoms with Crippen LogP contribution in [0.25, 0.3) is 0 Å². The van der Waals surface area contributed by atoms with Gasteiger partial charge >= 0.3 is 0 Å². The van der Waals surface area contributed by atoms with Crippen molar-refractivity contribution >= 4 is 11.8 Å². The molecule has 1 heterocycles. The van der Waals surface area contributed by atoms with E-state index in [-0.39, 0.29) is 23.7 Å². The summed E-state index contributed by atoms with van der Waals surface area (Å²) in [6, 6.07) is 3.72. The van der Waals surface area contributed by atoms with Crippen molar-refractivity contribution in [2.24, 2.45) is 5.92 Å². The highest BCUT2D eigenvalue weighted by atomic mass is 16.5. The molecule has 2 atom stereocenters. The fraction of sp³-hybridized carbons (Fsp3) is 0.619. The van der Waals surface area contributed by atoms with E-state index in [1.165, 1.54) is 0 Å². The van der Waals surface area contributed by atoms with Crippen LogP contribution in [0.4, 0.5) is 0 Å². The van der Waals surface area contributed by atoms with Crippen LogP contribution in [0.15, 0.2) is 12.1 Å². The molecule has 2 amide bonds. The van der Waals surface area contributed by atoms with E-state index in [2.05, 4.69) is 5.32 Å². The molecule has 1 aliphatic rings. The van der Waals surface area contributed by atoms with Gasteiger partial charge in [0.1, 0.15) is 0 Å². The molecule has 1 aliphatic heterocycles. The summed E-state index contributed by atoms with van der Waals surface area (Å²) in [4.78, 5) is 27.0. The van der Waals surface area contributed by atoms with E-state index in [9.17, 15) is 9.59 Å². The first-order chi connectivity index (χ1) is 14.0. The molecule has 0 radical (unpaired) electrons. The van der Waals surface area contributed by atoms with Gasteiger partial charge in [0.2, 0.25) is 17.6 Å². The lowest BCUT2D eigenvalue weighted by molar-refractivity contribution is -0.130. The van der Waals surface area contributed by atoms with Gasteiger partial charge in [-0.05, 0) is 24.1 Å². The second-order valence-corrected chi connectivity index (χ2v) is 6.96. The Hall–Kier alpha value is -2.48. The van der Waals surface area contributed by atoms with Crippen molar-refractivity contribution in [2.45, 2.75) is 25.7 Å². The maximum absolute atomic E-state index is 12.9. The van der Waals surface area contributed by atoms with Crippen LogP contribution in [0.5, 0.6) is 17.2 Å². The van der Waals surface area contributed by atoms with Crippen LogP contribution in [0.2, 0.25) is 0 Å². The number of nitrogens with zero attached hydrogens (tertiary/aromatic N) is 1. The quantitative estimate of drug-likeness (QED) is 0.595. The Morgan fingerprint density at radius 3 is 2.24 bits per heavy atom. The number of hydrogen-bond acceptors (Lipinski definition) is 6. The van der Waals surface area contributed by atoms with Gasteiger partial charge in [-0.1, -0.05) is 6.92 Å². The molecule has 0 saturated carbocycles. The van der Waals surface area contributed by atoms with E-state index < -0.39 is 0 Å². The Labute approximate surface area is 172 Å². The molecular weight excluding hydrogens is 376 g/mol. The summed E-state index contributed by atoms with van der Waals surface area (Å²) in [7, 11) is 6.30. The average Bonchev–Trinajstić information content (AvgIpc) is 3.20. The highest BCUT2D eigenvalue weighted by Crippen LogP contribution is 2.43. The first kappa shape index (κ1) is 22.8. The van der Waals surface area contributed by atoms with Crippen molar-refractivity contribution < 1.29 is 28.5 Å². The smallest absolute Gasteiger partial charge is 0.225 e. The lowest BCUT2D eigenvalue weighted by atomic mass is 9.88. The molecule has 1 aromatic rings. The highest BCUT2D eigenvalue weighted by molar-refractivity contribution is 5.83. The van der Waals surface area contributed by atoms with Crippen molar-refractivity contribution in [1.29, 1.82) is 0 Å². The number of ether oxygens (including phenoxy) is 4. The Kier molecular flexibility index (Phi) is 8.57. The summed E-state index contributed by atoms with van der Waals surface area (Å²) < 4.78 is 21.4. The van der Waals surface area contributed by atoms with Gasteiger partial charge in [-0.25, -0.2) is 0 Å².